The van der Waals surface area contributed by atoms with E-state index in [9.17, 15) is 33.5 Å². The van der Waals surface area contributed by atoms with Crippen molar-refractivity contribution < 1.29 is 160 Å². The van der Waals surface area contributed by atoms with Crippen molar-refractivity contribution in [3.63, 3.8) is 0 Å². The van der Waals surface area contributed by atoms with Gasteiger partial charge in [0.25, 0.3) is 0 Å². The number of aryl methyl sites for hydroxylation is 2. The Labute approximate surface area is 668 Å². The van der Waals surface area contributed by atoms with Crippen molar-refractivity contribution >= 4 is 36.0 Å². The quantitative estimate of drug-likeness (QED) is 0.0272. The minimum absolute atomic E-state index is 0. The van der Waals surface area contributed by atoms with E-state index in [1.54, 1.807) is 123 Å². The Morgan fingerprint density at radius 2 is 0.560 bits per heavy atom. The summed E-state index contributed by atoms with van der Waals surface area (Å²) in [6, 6.07) is 88.1. The van der Waals surface area contributed by atoms with E-state index in [4.69, 9.17) is 23.7 Å². The molecule has 0 amide bonds. The molecule has 0 aromatic heterocycles. The molecule has 1 atom stereocenters. The predicted molar refractivity (Wildman–Crippen MR) is 379 cm³/mol. The van der Waals surface area contributed by atoms with Crippen molar-refractivity contribution in [1.82, 2.24) is 0 Å². The number of rotatable bonds is 22. The van der Waals surface area contributed by atoms with Crippen LogP contribution in [0.2, 0.25) is 0 Å². The van der Waals surface area contributed by atoms with E-state index < -0.39 is 13.0 Å². The van der Waals surface area contributed by atoms with Gasteiger partial charge in [0.2, 0.25) is 0 Å². The molecule has 0 N–H and O–H groups in total. The number of carbonyl (C=O) groups excluding carboxylic acids is 4. The first-order chi connectivity index (χ1) is 47.1. The molecular formula is C85H69K2O12P. The van der Waals surface area contributed by atoms with Gasteiger partial charge in [0.05, 0.1) is 7.11 Å². The number of ketones is 4. The Morgan fingerprint density at radius 3 is 0.860 bits per heavy atom. The second kappa shape index (κ2) is 33.9. The van der Waals surface area contributed by atoms with Crippen LogP contribution in [0.5, 0.6) is 51.7 Å². The minimum atomic E-state index is -4.88. The molecule has 0 bridgehead atoms. The fourth-order valence-electron chi connectivity index (χ4n) is 11.2. The summed E-state index contributed by atoms with van der Waals surface area (Å²) < 4.78 is 40.9. The van der Waals surface area contributed by atoms with Crippen LogP contribution in [0.15, 0.2) is 291 Å². The molecule has 488 valence electrons. The van der Waals surface area contributed by atoms with Gasteiger partial charge in [-0.25, -0.2) is 0 Å². The zero-order chi connectivity index (χ0) is 69.1. The van der Waals surface area contributed by atoms with Gasteiger partial charge in [0.1, 0.15) is 51.7 Å². The number of methoxy groups -OCH3 is 1. The Balaban J connectivity index is 0.000000229. The second-order valence-electron chi connectivity index (χ2n) is 24.4. The molecule has 15 heteroatoms. The van der Waals surface area contributed by atoms with Crippen LogP contribution in [0.1, 0.15) is 125 Å². The molecule has 0 radical (unpaired) electrons. The summed E-state index contributed by atoms with van der Waals surface area (Å²) in [6.07, 6.45) is 0. The molecule has 12 aromatic rings. The van der Waals surface area contributed by atoms with Gasteiger partial charge in [-0.15, -0.1) is 0 Å². The third-order valence-corrected chi connectivity index (χ3v) is 18.2. The Kier molecular flexibility index (Phi) is 25.8. The van der Waals surface area contributed by atoms with Crippen LogP contribution >= 0.6 is 7.60 Å². The summed E-state index contributed by atoms with van der Waals surface area (Å²) in [5.74, 6) is 5.57. The van der Waals surface area contributed by atoms with Crippen LogP contribution in [-0.4, -0.2) is 30.2 Å². The monoisotopic (exact) mass is 1390 g/mol. The molecule has 0 heterocycles. The number of ether oxygens (including phenoxy) is 5. The summed E-state index contributed by atoms with van der Waals surface area (Å²) in [7, 11) is -3.23. The summed E-state index contributed by atoms with van der Waals surface area (Å²) in [5.41, 5.74) is 10.3. The van der Waals surface area contributed by atoms with Gasteiger partial charge in [-0.1, -0.05) is 165 Å². The molecule has 100 heavy (non-hydrogen) atoms. The largest absolute Gasteiger partial charge is 1.00 e. The van der Waals surface area contributed by atoms with E-state index in [0.29, 0.717) is 67.9 Å². The van der Waals surface area contributed by atoms with E-state index in [2.05, 4.69) is 69.3 Å². The first kappa shape index (κ1) is 75.9. The SMILES string of the molecule is CC(=O)c1ccc(Oc2ccc(C(C)(C)c3ccc(Oc4ccc(C(=O)c5cccc(C(=O)c6ccc(C)cc6)c5)cc4)cc3)cc2)cc1.COc1ccc(C(C)(c2ccc(Oc3ccc(C)cc3)cc2)c2ccc(Oc3ccc(C(=O)c4ccc(P(=O)([O-])[O-])cc4)cc3)cc2)cc1.[K+].[K+]. The average molecular weight is 1390 g/mol. The van der Waals surface area contributed by atoms with Gasteiger partial charge in [-0.2, -0.15) is 0 Å². The second-order valence-corrected chi connectivity index (χ2v) is 25.9. The standard InChI is InChI=1S/C44H36O5.C41H35O7P.2K/c1-29-8-10-32(11-9-29)42(46)34-6-5-7-35(28-34)43(47)33-14-22-39(23-15-33)49-41-26-18-37(19-27-41)44(3,4)36-16-24-40(25-17-36)48-38-20-12-31(13-21-38)30(2)45;1-28-4-16-35(17-5-28)47-37-22-12-32(13-23-37)41(2,31-10-20-34(46-3)21-11-31)33-14-24-38(25-15-33)48-36-18-6-29(7-19-36)40(42)30-8-26-39(27-9-30)49(43,44)45;;/h5-28H,1-4H3;4-27H,1-3H3,(H2,43,44,45);;/q;;2*+1/p-2. The van der Waals surface area contributed by atoms with Crippen molar-refractivity contribution in [1.29, 1.82) is 0 Å². The molecule has 12 aromatic carbocycles. The van der Waals surface area contributed by atoms with Crippen LogP contribution in [0, 0.1) is 13.8 Å². The van der Waals surface area contributed by atoms with Gasteiger partial charge >= 0.3 is 103 Å². The topological polar surface area (TPSA) is 178 Å². The van der Waals surface area contributed by atoms with E-state index in [0.717, 1.165) is 62.8 Å². The van der Waals surface area contributed by atoms with Crippen molar-refractivity contribution in [2.24, 2.45) is 0 Å². The molecule has 0 aliphatic rings. The summed E-state index contributed by atoms with van der Waals surface area (Å²) in [4.78, 5) is 73.2. The average Bonchev–Trinajstić information content (AvgIpc) is 0.764. The molecule has 1 unspecified atom stereocenters. The smallest absolute Gasteiger partial charge is 0.807 e. The van der Waals surface area contributed by atoms with Crippen LogP contribution in [0.25, 0.3) is 0 Å². The van der Waals surface area contributed by atoms with E-state index in [1.165, 1.54) is 17.7 Å². The zero-order valence-electron chi connectivity index (χ0n) is 57.1. The number of Topliss-reactive ketones (excluding diaryl/α,β-unsaturated/α-hetero) is 1. The third-order valence-electron chi connectivity index (χ3n) is 17.3. The normalized spacial score (nSPS) is 11.6. The fourth-order valence-corrected chi connectivity index (χ4v) is 11.8. The number of hydrogen-bond acceptors (Lipinski definition) is 12. The Hall–Kier alpha value is -8.26. The Bertz CT molecular complexity index is 4830. The maximum Gasteiger partial charge on any atom is 1.00 e. The van der Waals surface area contributed by atoms with Crippen molar-refractivity contribution in [2.45, 2.75) is 52.4 Å². The molecule has 0 saturated heterocycles. The van der Waals surface area contributed by atoms with Crippen molar-refractivity contribution in [2.75, 3.05) is 7.11 Å². The van der Waals surface area contributed by atoms with E-state index in [1.807, 2.05) is 123 Å². The summed E-state index contributed by atoms with van der Waals surface area (Å²) in [6.45, 7) is 12.1. The molecule has 0 aliphatic carbocycles. The van der Waals surface area contributed by atoms with Crippen LogP contribution in [0.4, 0.5) is 0 Å². The number of carbonyl (C=O) groups is 4. The molecule has 12 nitrogen and oxygen atoms in total. The maximum atomic E-state index is 13.3. The molecular weight excluding hydrogens is 1320 g/mol. The zero-order valence-corrected chi connectivity index (χ0v) is 64.2. The van der Waals surface area contributed by atoms with Gasteiger partial charge in [0, 0.05) is 49.8 Å². The number of benzene rings is 12. The molecule has 0 spiro atoms. The minimum Gasteiger partial charge on any atom is -0.807 e. The third kappa shape index (κ3) is 18.8. The summed E-state index contributed by atoms with van der Waals surface area (Å²) >= 11 is 0. The van der Waals surface area contributed by atoms with Crippen LogP contribution in [-0.2, 0) is 15.4 Å². The first-order valence-corrected chi connectivity index (χ1v) is 33.2. The van der Waals surface area contributed by atoms with Gasteiger partial charge < -0.3 is 38.0 Å². The maximum absolute atomic E-state index is 13.3. The van der Waals surface area contributed by atoms with Crippen molar-refractivity contribution in [3.05, 3.63) is 369 Å². The van der Waals surface area contributed by atoms with E-state index >= 15 is 0 Å². The predicted octanol–water partition coefficient (Wildman–Crippen LogP) is 12.3. The summed E-state index contributed by atoms with van der Waals surface area (Å²) in [5, 5.41) is -0.357. The Morgan fingerprint density at radius 1 is 0.320 bits per heavy atom. The van der Waals surface area contributed by atoms with Crippen LogP contribution < -0.4 is 142 Å². The first-order valence-electron chi connectivity index (χ1n) is 31.7. The van der Waals surface area contributed by atoms with E-state index in [-0.39, 0.29) is 142 Å². The van der Waals surface area contributed by atoms with Gasteiger partial charge in [0.15, 0.2) is 23.1 Å². The van der Waals surface area contributed by atoms with Gasteiger partial charge in [-0.3, -0.25) is 19.2 Å². The van der Waals surface area contributed by atoms with Crippen molar-refractivity contribution in [3.8, 4) is 51.7 Å². The molecule has 0 saturated carbocycles. The van der Waals surface area contributed by atoms with Crippen LogP contribution in [0.3, 0.4) is 0 Å². The molecule has 12 rings (SSSR count). The molecule has 0 aliphatic heterocycles. The fraction of sp³-hybridized carbons (Fsp3) is 0.106. The number of hydrogen-bond donors (Lipinski definition) is 0. The molecule has 0 fully saturated rings. The van der Waals surface area contributed by atoms with Gasteiger partial charge in [-0.05, 0) is 220 Å².